The van der Waals surface area contributed by atoms with Crippen LogP contribution in [0.4, 0.5) is 4.79 Å². The minimum absolute atomic E-state index is 0.150. The van der Waals surface area contributed by atoms with Crippen molar-refractivity contribution >= 4 is 62.4 Å². The summed E-state index contributed by atoms with van der Waals surface area (Å²) in [5, 5.41) is 9.04. The Kier molecular flexibility index (Phi) is 8.13. The molecule has 0 N–H and O–H groups in total. The second kappa shape index (κ2) is 11.3. The van der Waals surface area contributed by atoms with E-state index in [1.165, 1.54) is 0 Å². The molecule has 0 radical (unpaired) electrons. The fourth-order valence-corrected chi connectivity index (χ4v) is 5.37. The topological polar surface area (TPSA) is 99.9 Å². The molecule has 2 aromatic rings. The molecule has 2 aliphatic rings. The fourth-order valence-electron chi connectivity index (χ4n) is 3.54. The number of hydrogen-bond acceptors (Lipinski definition) is 7. The van der Waals surface area contributed by atoms with E-state index in [0.717, 1.165) is 22.2 Å². The number of imide groups is 1. The molecule has 180 valence electrons. The zero-order valence-corrected chi connectivity index (χ0v) is 21.5. The highest BCUT2D eigenvalue weighted by Crippen LogP contribution is 2.38. The van der Waals surface area contributed by atoms with Gasteiger partial charge in [-0.1, -0.05) is 29.8 Å². The highest BCUT2D eigenvalue weighted by atomic mass is 79.9. The molecule has 4 rings (SSSR count). The first kappa shape index (κ1) is 25.3. The van der Waals surface area contributed by atoms with E-state index in [1.807, 2.05) is 6.07 Å². The molecule has 0 atom stereocenters. The molecule has 0 aliphatic carbocycles. The lowest BCUT2D eigenvalue weighted by Gasteiger charge is -2.28. The Morgan fingerprint density at radius 1 is 1.26 bits per heavy atom. The molecule has 3 amide bonds. The van der Waals surface area contributed by atoms with Crippen LogP contribution in [0.25, 0.3) is 6.08 Å². The minimum Gasteiger partial charge on any atom is -0.486 e. The lowest BCUT2D eigenvalue weighted by Crippen LogP contribution is -2.46. The van der Waals surface area contributed by atoms with Gasteiger partial charge in [0, 0.05) is 18.7 Å². The van der Waals surface area contributed by atoms with E-state index >= 15 is 0 Å². The Labute approximate surface area is 219 Å². The molecule has 0 unspecified atom stereocenters. The third-order valence-electron chi connectivity index (χ3n) is 5.36. The van der Waals surface area contributed by atoms with Crippen molar-refractivity contribution in [2.75, 3.05) is 32.8 Å². The van der Waals surface area contributed by atoms with Crippen molar-refractivity contribution in [3.63, 3.8) is 0 Å². The highest BCUT2D eigenvalue weighted by Gasteiger charge is 2.37. The van der Waals surface area contributed by atoms with Gasteiger partial charge >= 0.3 is 0 Å². The molecule has 0 spiro atoms. The average molecular weight is 577 g/mol. The summed E-state index contributed by atoms with van der Waals surface area (Å²) in [5.41, 5.74) is 1.82. The van der Waals surface area contributed by atoms with Crippen LogP contribution in [0.5, 0.6) is 5.75 Å². The van der Waals surface area contributed by atoms with E-state index in [2.05, 4.69) is 22.0 Å². The van der Waals surface area contributed by atoms with Crippen LogP contribution in [0.15, 0.2) is 45.8 Å². The number of halogens is 2. The molecule has 35 heavy (non-hydrogen) atoms. The van der Waals surface area contributed by atoms with Crippen LogP contribution in [0.3, 0.4) is 0 Å². The van der Waals surface area contributed by atoms with E-state index in [4.69, 9.17) is 21.1 Å². The SMILES string of the molecule is N#Cc1ccccc1COc1c(Cl)cc(/C=C2/SC(=O)N(CC(=O)N3CCOCC3)C2=O)cc1Br. The van der Waals surface area contributed by atoms with Crippen LogP contribution < -0.4 is 4.74 Å². The number of amides is 3. The zero-order valence-electron chi connectivity index (χ0n) is 18.3. The predicted molar refractivity (Wildman–Crippen MR) is 135 cm³/mol. The van der Waals surface area contributed by atoms with Crippen LogP contribution in [0.1, 0.15) is 16.7 Å². The van der Waals surface area contributed by atoms with E-state index in [1.54, 1.807) is 41.3 Å². The van der Waals surface area contributed by atoms with E-state index < -0.39 is 11.1 Å². The van der Waals surface area contributed by atoms with E-state index in [9.17, 15) is 19.6 Å². The Morgan fingerprint density at radius 2 is 2.00 bits per heavy atom. The molecular formula is C24H19BrClN3O5S. The molecule has 0 saturated carbocycles. The van der Waals surface area contributed by atoms with Crippen LogP contribution in [-0.4, -0.2) is 59.7 Å². The lowest BCUT2D eigenvalue weighted by atomic mass is 10.1. The molecule has 8 nitrogen and oxygen atoms in total. The van der Waals surface area contributed by atoms with Crippen molar-refractivity contribution in [2.45, 2.75) is 6.61 Å². The predicted octanol–water partition coefficient (Wildman–Crippen LogP) is 4.45. The fraction of sp³-hybridized carbons (Fsp3) is 0.250. The molecule has 2 fully saturated rings. The van der Waals surface area contributed by atoms with Crippen LogP contribution in [0.2, 0.25) is 5.02 Å². The maximum atomic E-state index is 12.8. The third-order valence-corrected chi connectivity index (χ3v) is 7.14. The Hall–Kier alpha value is -2.84. The molecule has 0 aromatic heterocycles. The van der Waals surface area contributed by atoms with Gasteiger partial charge in [-0.3, -0.25) is 19.3 Å². The number of nitriles is 1. The van der Waals surface area contributed by atoms with Gasteiger partial charge < -0.3 is 14.4 Å². The van der Waals surface area contributed by atoms with Crippen LogP contribution in [0, 0.1) is 11.3 Å². The van der Waals surface area contributed by atoms with Crippen molar-refractivity contribution < 1.29 is 23.9 Å². The Balaban J connectivity index is 1.46. The first-order valence-corrected chi connectivity index (χ1v) is 12.6. The van der Waals surface area contributed by atoms with Crippen molar-refractivity contribution in [3.8, 4) is 11.8 Å². The molecule has 11 heteroatoms. The molecule has 2 saturated heterocycles. The van der Waals surface area contributed by atoms with Crippen LogP contribution in [-0.2, 0) is 20.9 Å². The quantitative estimate of drug-likeness (QED) is 0.469. The maximum absolute atomic E-state index is 12.8. The van der Waals surface area contributed by atoms with Gasteiger partial charge in [0.1, 0.15) is 13.2 Å². The average Bonchev–Trinajstić information content (AvgIpc) is 3.11. The van der Waals surface area contributed by atoms with Crippen molar-refractivity contribution in [1.29, 1.82) is 5.26 Å². The van der Waals surface area contributed by atoms with E-state index in [-0.39, 0.29) is 24.0 Å². The van der Waals surface area contributed by atoms with Gasteiger partial charge in [-0.25, -0.2) is 0 Å². The number of ether oxygens (including phenoxy) is 2. The van der Waals surface area contributed by atoms with Gasteiger partial charge in [-0.15, -0.1) is 0 Å². The number of morpholine rings is 1. The van der Waals surface area contributed by atoms with Gasteiger partial charge in [0.2, 0.25) is 5.91 Å². The second-order valence-electron chi connectivity index (χ2n) is 7.63. The first-order valence-electron chi connectivity index (χ1n) is 10.6. The first-order chi connectivity index (χ1) is 16.9. The monoisotopic (exact) mass is 575 g/mol. The minimum atomic E-state index is -0.526. The lowest BCUT2D eigenvalue weighted by molar-refractivity contribution is -0.139. The molecular weight excluding hydrogens is 558 g/mol. The van der Waals surface area contributed by atoms with Crippen molar-refractivity contribution in [2.24, 2.45) is 0 Å². The number of rotatable bonds is 6. The largest absolute Gasteiger partial charge is 0.486 e. The Bertz CT molecular complexity index is 1230. The standard InChI is InChI=1S/C24H19BrClN3O5S/c25-18-9-15(10-19(26)22(18)34-14-17-4-2-1-3-16(17)12-27)11-20-23(31)29(24(32)35-20)13-21(30)28-5-7-33-8-6-28/h1-4,9-11H,5-8,13-14H2/b20-11+. The van der Waals surface area contributed by atoms with Gasteiger partial charge in [-0.05, 0) is 57.5 Å². The second-order valence-corrected chi connectivity index (χ2v) is 9.89. The van der Waals surface area contributed by atoms with Gasteiger partial charge in [0.25, 0.3) is 11.1 Å². The number of carbonyl (C=O) groups excluding carboxylic acids is 3. The normalized spacial score (nSPS) is 17.1. The molecule has 2 aromatic carbocycles. The summed E-state index contributed by atoms with van der Waals surface area (Å²) < 4.78 is 11.6. The number of hydrogen-bond donors (Lipinski definition) is 0. The summed E-state index contributed by atoms with van der Waals surface area (Å²) in [6.45, 7) is 1.60. The van der Waals surface area contributed by atoms with Crippen LogP contribution >= 0.6 is 39.3 Å². The van der Waals surface area contributed by atoms with E-state index in [0.29, 0.717) is 52.7 Å². The number of thioether (sulfide) groups is 1. The van der Waals surface area contributed by atoms with Gasteiger partial charge in [0.15, 0.2) is 5.75 Å². The third kappa shape index (κ3) is 5.87. The summed E-state index contributed by atoms with van der Waals surface area (Å²) in [6, 6.07) is 12.6. The number of nitrogens with zero attached hydrogens (tertiary/aromatic N) is 3. The number of benzene rings is 2. The summed E-state index contributed by atoms with van der Waals surface area (Å²) in [7, 11) is 0. The Morgan fingerprint density at radius 3 is 2.71 bits per heavy atom. The molecule has 0 bridgehead atoms. The summed E-state index contributed by atoms with van der Waals surface area (Å²) >= 11 is 10.6. The van der Waals surface area contributed by atoms with Gasteiger partial charge in [0.05, 0.1) is 39.2 Å². The zero-order chi connectivity index (χ0) is 24.9. The van der Waals surface area contributed by atoms with Crippen molar-refractivity contribution in [1.82, 2.24) is 9.80 Å². The molecule has 2 aliphatic heterocycles. The maximum Gasteiger partial charge on any atom is 0.294 e. The highest BCUT2D eigenvalue weighted by molar-refractivity contribution is 9.10. The molecule has 2 heterocycles. The smallest absolute Gasteiger partial charge is 0.294 e. The summed E-state index contributed by atoms with van der Waals surface area (Å²) in [5.74, 6) is -0.426. The van der Waals surface area contributed by atoms with Gasteiger partial charge in [-0.2, -0.15) is 5.26 Å². The van der Waals surface area contributed by atoms with Crippen molar-refractivity contribution in [3.05, 3.63) is 67.5 Å². The number of carbonyl (C=O) groups is 3. The summed E-state index contributed by atoms with van der Waals surface area (Å²) in [4.78, 5) is 40.5. The summed E-state index contributed by atoms with van der Waals surface area (Å²) in [6.07, 6.45) is 1.55.